The minimum absolute atomic E-state index is 0.0966. The van der Waals surface area contributed by atoms with Crippen molar-refractivity contribution in [3.63, 3.8) is 0 Å². The van der Waals surface area contributed by atoms with Crippen molar-refractivity contribution in [3.05, 3.63) is 24.0 Å². The first kappa shape index (κ1) is 13.5. The van der Waals surface area contributed by atoms with Crippen molar-refractivity contribution in [2.75, 3.05) is 5.73 Å². The Bertz CT molecular complexity index is 549. The van der Waals surface area contributed by atoms with E-state index in [1.807, 2.05) is 0 Å². The van der Waals surface area contributed by atoms with Gasteiger partial charge in [0.1, 0.15) is 5.82 Å². The average Bonchev–Trinajstić information content (AvgIpc) is 2.21. The van der Waals surface area contributed by atoms with Gasteiger partial charge in [0.15, 0.2) is 0 Å². The highest BCUT2D eigenvalue weighted by Crippen LogP contribution is 2.16. The van der Waals surface area contributed by atoms with Gasteiger partial charge >= 0.3 is 0 Å². The van der Waals surface area contributed by atoms with Gasteiger partial charge in [0.05, 0.1) is 10.6 Å². The molecule has 1 atom stereocenters. The van der Waals surface area contributed by atoms with E-state index in [0.29, 0.717) is 0 Å². The summed E-state index contributed by atoms with van der Waals surface area (Å²) in [6, 6.07) is 2.91. The molecule has 0 saturated heterocycles. The SMILES string of the molecule is C#CCC(C)NS(=O)(=O)c1ccc(N)c(F)c1. The zero-order valence-corrected chi connectivity index (χ0v) is 10.1. The summed E-state index contributed by atoms with van der Waals surface area (Å²) in [5, 5.41) is 0. The quantitative estimate of drug-likeness (QED) is 0.626. The zero-order chi connectivity index (χ0) is 13.1. The first-order valence-electron chi connectivity index (χ1n) is 4.87. The molecule has 4 nitrogen and oxygen atoms in total. The van der Waals surface area contributed by atoms with Crippen LogP contribution in [0.1, 0.15) is 13.3 Å². The fraction of sp³-hybridized carbons (Fsp3) is 0.273. The van der Waals surface area contributed by atoms with Gasteiger partial charge in [-0.05, 0) is 25.1 Å². The Morgan fingerprint density at radius 2 is 2.24 bits per heavy atom. The number of rotatable bonds is 4. The third-order valence-electron chi connectivity index (χ3n) is 2.06. The smallest absolute Gasteiger partial charge is 0.240 e. The van der Waals surface area contributed by atoms with Crippen molar-refractivity contribution in [2.24, 2.45) is 0 Å². The normalized spacial score (nSPS) is 13.0. The van der Waals surface area contributed by atoms with Crippen LogP contribution < -0.4 is 10.5 Å². The summed E-state index contributed by atoms with van der Waals surface area (Å²) in [6.45, 7) is 1.63. The summed E-state index contributed by atoms with van der Waals surface area (Å²) >= 11 is 0. The van der Waals surface area contributed by atoms with Gasteiger partial charge in [-0.1, -0.05) is 0 Å². The second-order valence-electron chi connectivity index (χ2n) is 3.61. The molecule has 0 aliphatic heterocycles. The zero-order valence-electron chi connectivity index (χ0n) is 9.27. The summed E-state index contributed by atoms with van der Waals surface area (Å²) in [5.74, 6) is 1.57. The molecule has 0 heterocycles. The van der Waals surface area contributed by atoms with Crippen molar-refractivity contribution in [1.29, 1.82) is 0 Å². The maximum Gasteiger partial charge on any atom is 0.240 e. The topological polar surface area (TPSA) is 72.2 Å². The fourth-order valence-electron chi connectivity index (χ4n) is 1.23. The molecule has 1 unspecified atom stereocenters. The molecule has 0 aromatic heterocycles. The van der Waals surface area contributed by atoms with Crippen LogP contribution in [0.4, 0.5) is 10.1 Å². The van der Waals surface area contributed by atoms with Gasteiger partial charge in [-0.3, -0.25) is 0 Å². The maximum atomic E-state index is 13.1. The number of benzene rings is 1. The number of anilines is 1. The van der Waals surface area contributed by atoms with Crippen LogP contribution in [-0.2, 0) is 10.0 Å². The maximum absolute atomic E-state index is 13.1. The lowest BCUT2D eigenvalue weighted by Gasteiger charge is -2.11. The second kappa shape index (κ2) is 5.17. The van der Waals surface area contributed by atoms with E-state index in [1.54, 1.807) is 6.92 Å². The molecular formula is C11H13FN2O2S. The molecule has 0 spiro atoms. The Morgan fingerprint density at radius 3 is 2.76 bits per heavy atom. The molecule has 0 bridgehead atoms. The summed E-state index contributed by atoms with van der Waals surface area (Å²) in [7, 11) is -3.76. The predicted molar refractivity (Wildman–Crippen MR) is 64.0 cm³/mol. The Hall–Kier alpha value is -1.58. The van der Waals surface area contributed by atoms with Gasteiger partial charge in [0.2, 0.25) is 10.0 Å². The van der Waals surface area contributed by atoms with Gasteiger partial charge in [-0.25, -0.2) is 17.5 Å². The van der Waals surface area contributed by atoms with Crippen LogP contribution in [0.15, 0.2) is 23.1 Å². The van der Waals surface area contributed by atoms with Gasteiger partial charge in [0, 0.05) is 12.5 Å². The van der Waals surface area contributed by atoms with Crippen LogP contribution >= 0.6 is 0 Å². The van der Waals surface area contributed by atoms with E-state index in [-0.39, 0.29) is 17.0 Å². The Balaban J connectivity index is 2.98. The fourth-order valence-corrected chi connectivity index (χ4v) is 2.48. The number of terminal acetylenes is 1. The first-order valence-corrected chi connectivity index (χ1v) is 6.36. The van der Waals surface area contributed by atoms with Crippen molar-refractivity contribution in [2.45, 2.75) is 24.3 Å². The average molecular weight is 256 g/mol. The molecule has 6 heteroatoms. The standard InChI is InChI=1S/C11H13FN2O2S/c1-3-4-8(2)14-17(15,16)9-5-6-11(13)10(12)7-9/h1,5-8,14H,4,13H2,2H3. The van der Waals surface area contributed by atoms with E-state index in [1.165, 1.54) is 12.1 Å². The molecule has 0 saturated carbocycles. The van der Waals surface area contributed by atoms with E-state index in [4.69, 9.17) is 12.2 Å². The van der Waals surface area contributed by atoms with Crippen LogP contribution in [-0.4, -0.2) is 14.5 Å². The minimum Gasteiger partial charge on any atom is -0.396 e. The Morgan fingerprint density at radius 1 is 1.59 bits per heavy atom. The molecule has 92 valence electrons. The van der Waals surface area contributed by atoms with E-state index >= 15 is 0 Å². The van der Waals surface area contributed by atoms with Gasteiger partial charge in [-0.2, -0.15) is 0 Å². The number of halogens is 1. The third-order valence-corrected chi connectivity index (χ3v) is 3.65. The molecule has 0 aliphatic rings. The van der Waals surface area contributed by atoms with Crippen molar-refractivity contribution in [3.8, 4) is 12.3 Å². The lowest BCUT2D eigenvalue weighted by Crippen LogP contribution is -2.32. The molecule has 17 heavy (non-hydrogen) atoms. The molecule has 1 aromatic rings. The number of sulfonamides is 1. The van der Waals surface area contributed by atoms with Crippen LogP contribution in [0.5, 0.6) is 0 Å². The molecule has 3 N–H and O–H groups in total. The number of nitrogen functional groups attached to an aromatic ring is 1. The predicted octanol–water partition coefficient (Wildman–Crippen LogP) is 1.10. The Labute approximate surface area is 100 Å². The lowest BCUT2D eigenvalue weighted by molar-refractivity contribution is 0.561. The van der Waals surface area contributed by atoms with Crippen LogP contribution in [0.3, 0.4) is 0 Å². The number of hydrogen-bond donors (Lipinski definition) is 2. The van der Waals surface area contributed by atoms with E-state index in [9.17, 15) is 12.8 Å². The first-order chi connectivity index (χ1) is 7.86. The van der Waals surface area contributed by atoms with Gasteiger partial charge in [-0.15, -0.1) is 12.3 Å². The molecule has 1 aromatic carbocycles. The van der Waals surface area contributed by atoms with Crippen LogP contribution in [0, 0.1) is 18.2 Å². The molecule has 0 aliphatic carbocycles. The van der Waals surface area contributed by atoms with E-state index in [0.717, 1.165) is 6.07 Å². The highest BCUT2D eigenvalue weighted by molar-refractivity contribution is 7.89. The molecule has 0 fully saturated rings. The van der Waals surface area contributed by atoms with Crippen molar-refractivity contribution >= 4 is 15.7 Å². The minimum atomic E-state index is -3.76. The summed E-state index contributed by atoms with van der Waals surface area (Å²) in [5.41, 5.74) is 5.17. The largest absolute Gasteiger partial charge is 0.396 e. The van der Waals surface area contributed by atoms with Gasteiger partial charge < -0.3 is 5.73 Å². The summed E-state index contributed by atoms with van der Waals surface area (Å²) in [6.07, 6.45) is 5.33. The van der Waals surface area contributed by atoms with Crippen LogP contribution in [0.25, 0.3) is 0 Å². The highest BCUT2D eigenvalue weighted by Gasteiger charge is 2.18. The van der Waals surface area contributed by atoms with Crippen LogP contribution in [0.2, 0.25) is 0 Å². The van der Waals surface area contributed by atoms with Gasteiger partial charge in [0.25, 0.3) is 0 Å². The third kappa shape index (κ3) is 3.44. The lowest BCUT2D eigenvalue weighted by atomic mass is 10.3. The van der Waals surface area contributed by atoms with E-state index in [2.05, 4.69) is 10.6 Å². The number of hydrogen-bond acceptors (Lipinski definition) is 3. The monoisotopic (exact) mass is 256 g/mol. The molecule has 0 radical (unpaired) electrons. The second-order valence-corrected chi connectivity index (χ2v) is 5.33. The Kier molecular flexibility index (Phi) is 4.10. The summed E-state index contributed by atoms with van der Waals surface area (Å²) in [4.78, 5) is -0.173. The summed E-state index contributed by atoms with van der Waals surface area (Å²) < 4.78 is 39.1. The van der Waals surface area contributed by atoms with Crippen molar-refractivity contribution < 1.29 is 12.8 Å². The number of nitrogens with two attached hydrogens (primary N) is 1. The van der Waals surface area contributed by atoms with Crippen molar-refractivity contribution in [1.82, 2.24) is 4.72 Å². The van der Waals surface area contributed by atoms with E-state index < -0.39 is 21.9 Å². The molecule has 0 amide bonds. The molecular weight excluding hydrogens is 243 g/mol. The number of nitrogens with one attached hydrogen (secondary N) is 1. The highest BCUT2D eigenvalue weighted by atomic mass is 32.2. The molecule has 1 rings (SSSR count).